The van der Waals surface area contributed by atoms with Crippen LogP contribution in [0.5, 0.6) is 5.75 Å². The van der Waals surface area contributed by atoms with Gasteiger partial charge in [0.05, 0.1) is 0 Å². The van der Waals surface area contributed by atoms with Crippen LogP contribution in [0, 0.1) is 18.3 Å². The van der Waals surface area contributed by atoms with Crippen LogP contribution in [-0.2, 0) is 0 Å². The lowest BCUT2D eigenvalue weighted by atomic mass is 10.1. The van der Waals surface area contributed by atoms with Gasteiger partial charge in [-0.3, -0.25) is 0 Å². The summed E-state index contributed by atoms with van der Waals surface area (Å²) in [6.45, 7) is 1.86. The van der Waals surface area contributed by atoms with Gasteiger partial charge in [-0.25, -0.2) is 0 Å². The van der Waals surface area contributed by atoms with Crippen molar-refractivity contribution in [2.45, 2.75) is 6.92 Å². The Balaban J connectivity index is 2.86. The molecule has 0 radical (unpaired) electrons. The zero-order chi connectivity index (χ0) is 9.42. The summed E-state index contributed by atoms with van der Waals surface area (Å²) in [6.07, 6.45) is 0. The van der Waals surface area contributed by atoms with Crippen LogP contribution in [0.2, 0.25) is 0 Å². The van der Waals surface area contributed by atoms with Crippen LogP contribution in [0.3, 0.4) is 0 Å². The summed E-state index contributed by atoms with van der Waals surface area (Å²) in [5, 5.41) is 19.1. The highest BCUT2D eigenvalue weighted by Crippen LogP contribution is 2.32. The van der Waals surface area contributed by atoms with E-state index in [0.717, 1.165) is 15.6 Å². The summed E-state index contributed by atoms with van der Waals surface area (Å²) in [5.41, 5.74) is 0.851. The van der Waals surface area contributed by atoms with Crippen molar-refractivity contribution < 1.29 is 5.11 Å². The van der Waals surface area contributed by atoms with E-state index in [1.54, 1.807) is 6.07 Å². The maximum Gasteiger partial charge on any atom is 0.119 e. The van der Waals surface area contributed by atoms with Crippen LogP contribution in [0.4, 0.5) is 0 Å². The van der Waals surface area contributed by atoms with E-state index in [9.17, 15) is 5.11 Å². The Hall–Kier alpha value is -1.53. The minimum Gasteiger partial charge on any atom is -0.508 e. The van der Waals surface area contributed by atoms with Gasteiger partial charge < -0.3 is 5.11 Å². The number of benzene rings is 1. The number of phenols is 1. The SMILES string of the molecule is Cc1c(O)ccc2cc(C#N)sc12. The number of nitrogens with zero attached hydrogens (tertiary/aromatic N) is 1. The van der Waals surface area contributed by atoms with Gasteiger partial charge in [-0.15, -0.1) is 11.3 Å². The number of hydrogen-bond donors (Lipinski definition) is 1. The van der Waals surface area contributed by atoms with Crippen LogP contribution in [-0.4, -0.2) is 5.11 Å². The molecule has 0 atom stereocenters. The molecule has 0 aliphatic heterocycles. The highest BCUT2D eigenvalue weighted by Gasteiger charge is 2.06. The molecule has 1 N–H and O–H groups in total. The fourth-order valence-electron chi connectivity index (χ4n) is 1.29. The average Bonchev–Trinajstić information content (AvgIpc) is 2.55. The standard InChI is InChI=1S/C10H7NOS/c1-6-9(12)3-2-7-4-8(5-11)13-10(6)7/h2-4,12H,1H3. The smallest absolute Gasteiger partial charge is 0.119 e. The van der Waals surface area contributed by atoms with E-state index in [1.165, 1.54) is 11.3 Å². The molecule has 0 fully saturated rings. The number of thiophene rings is 1. The summed E-state index contributed by atoms with van der Waals surface area (Å²) in [6, 6.07) is 7.43. The predicted molar refractivity (Wildman–Crippen MR) is 52.9 cm³/mol. The van der Waals surface area contributed by atoms with Crippen molar-refractivity contribution in [1.82, 2.24) is 0 Å². The third kappa shape index (κ3) is 1.16. The Morgan fingerprint density at radius 2 is 2.23 bits per heavy atom. The van der Waals surface area contributed by atoms with Crippen LogP contribution in [0.15, 0.2) is 18.2 Å². The van der Waals surface area contributed by atoms with Crippen molar-refractivity contribution >= 4 is 21.4 Å². The molecule has 0 unspecified atom stereocenters. The third-order valence-electron chi connectivity index (χ3n) is 2.02. The van der Waals surface area contributed by atoms with E-state index in [-0.39, 0.29) is 0 Å². The van der Waals surface area contributed by atoms with Gasteiger partial charge in [0.1, 0.15) is 16.7 Å². The normalized spacial score (nSPS) is 10.2. The molecule has 0 aliphatic rings. The zero-order valence-electron chi connectivity index (χ0n) is 7.03. The number of nitriles is 1. The number of fused-ring (bicyclic) bond motifs is 1. The first-order chi connectivity index (χ1) is 6.22. The Labute approximate surface area is 79.7 Å². The molecule has 13 heavy (non-hydrogen) atoms. The highest BCUT2D eigenvalue weighted by atomic mass is 32.1. The summed E-state index contributed by atoms with van der Waals surface area (Å²) in [7, 11) is 0. The molecule has 1 aromatic carbocycles. The van der Waals surface area contributed by atoms with Crippen LogP contribution in [0.1, 0.15) is 10.4 Å². The van der Waals surface area contributed by atoms with Gasteiger partial charge in [0.2, 0.25) is 0 Å². The molecule has 0 saturated heterocycles. The monoisotopic (exact) mass is 189 g/mol. The lowest BCUT2D eigenvalue weighted by molar-refractivity contribution is 0.472. The van der Waals surface area contributed by atoms with Crippen molar-refractivity contribution in [3.8, 4) is 11.8 Å². The second-order valence-corrected chi connectivity index (χ2v) is 3.90. The minimum atomic E-state index is 0.291. The van der Waals surface area contributed by atoms with Gasteiger partial charge in [0, 0.05) is 10.3 Å². The molecule has 64 valence electrons. The number of rotatable bonds is 0. The van der Waals surface area contributed by atoms with Crippen molar-refractivity contribution in [2.24, 2.45) is 0 Å². The summed E-state index contributed by atoms with van der Waals surface area (Å²) in [4.78, 5) is 0.684. The molecule has 0 aliphatic carbocycles. The predicted octanol–water partition coefficient (Wildman–Crippen LogP) is 2.79. The highest BCUT2D eigenvalue weighted by molar-refractivity contribution is 7.19. The summed E-state index contributed by atoms with van der Waals surface area (Å²) >= 11 is 1.42. The van der Waals surface area contributed by atoms with E-state index < -0.39 is 0 Å². The zero-order valence-corrected chi connectivity index (χ0v) is 7.85. The van der Waals surface area contributed by atoms with Gasteiger partial charge in [0.25, 0.3) is 0 Å². The van der Waals surface area contributed by atoms with Crippen molar-refractivity contribution in [1.29, 1.82) is 5.26 Å². The van der Waals surface area contributed by atoms with Gasteiger partial charge in [0.15, 0.2) is 0 Å². The topological polar surface area (TPSA) is 44.0 Å². The molecule has 0 bridgehead atoms. The van der Waals surface area contributed by atoms with Gasteiger partial charge in [-0.2, -0.15) is 5.26 Å². The number of aromatic hydroxyl groups is 1. The maximum absolute atomic E-state index is 9.42. The van der Waals surface area contributed by atoms with Crippen LogP contribution >= 0.6 is 11.3 Å². The Kier molecular flexibility index (Phi) is 1.71. The van der Waals surface area contributed by atoms with Crippen LogP contribution in [0.25, 0.3) is 10.1 Å². The van der Waals surface area contributed by atoms with Crippen LogP contribution < -0.4 is 0 Å². The molecule has 0 spiro atoms. The van der Waals surface area contributed by atoms with Gasteiger partial charge in [-0.05, 0) is 30.5 Å². The van der Waals surface area contributed by atoms with E-state index >= 15 is 0 Å². The number of aryl methyl sites for hydroxylation is 1. The minimum absolute atomic E-state index is 0.291. The number of phenolic OH excluding ortho intramolecular Hbond substituents is 1. The molecule has 3 heteroatoms. The second-order valence-electron chi connectivity index (χ2n) is 2.85. The first-order valence-electron chi connectivity index (χ1n) is 3.84. The average molecular weight is 189 g/mol. The fourth-order valence-corrected chi connectivity index (χ4v) is 2.24. The molecular formula is C10H7NOS. The van der Waals surface area contributed by atoms with E-state index in [2.05, 4.69) is 6.07 Å². The Morgan fingerprint density at radius 3 is 2.92 bits per heavy atom. The quantitative estimate of drug-likeness (QED) is 0.692. The summed E-state index contributed by atoms with van der Waals surface area (Å²) in [5.74, 6) is 0.291. The van der Waals surface area contributed by atoms with E-state index in [1.807, 2.05) is 19.1 Å². The van der Waals surface area contributed by atoms with Gasteiger partial charge >= 0.3 is 0 Å². The summed E-state index contributed by atoms with van der Waals surface area (Å²) < 4.78 is 0.997. The largest absolute Gasteiger partial charge is 0.508 e. The Morgan fingerprint density at radius 1 is 1.46 bits per heavy atom. The lowest BCUT2D eigenvalue weighted by Gasteiger charge is -1.97. The molecule has 1 heterocycles. The van der Waals surface area contributed by atoms with E-state index in [0.29, 0.717) is 10.6 Å². The number of hydrogen-bond acceptors (Lipinski definition) is 3. The molecule has 2 rings (SSSR count). The second kappa shape index (κ2) is 2.75. The molecule has 2 aromatic rings. The molecular weight excluding hydrogens is 182 g/mol. The molecule has 1 aromatic heterocycles. The van der Waals surface area contributed by atoms with Crippen molar-refractivity contribution in [2.75, 3.05) is 0 Å². The lowest BCUT2D eigenvalue weighted by Crippen LogP contribution is -1.72. The fraction of sp³-hybridized carbons (Fsp3) is 0.100. The van der Waals surface area contributed by atoms with E-state index in [4.69, 9.17) is 5.26 Å². The van der Waals surface area contributed by atoms with Gasteiger partial charge in [-0.1, -0.05) is 0 Å². The molecule has 0 saturated carbocycles. The first-order valence-corrected chi connectivity index (χ1v) is 4.66. The molecule has 2 nitrogen and oxygen atoms in total. The Bertz CT molecular complexity index is 507. The maximum atomic E-state index is 9.42. The first kappa shape index (κ1) is 8.09. The molecule has 0 amide bonds. The van der Waals surface area contributed by atoms with Crippen molar-refractivity contribution in [3.63, 3.8) is 0 Å². The van der Waals surface area contributed by atoms with Crippen molar-refractivity contribution in [3.05, 3.63) is 28.6 Å². The third-order valence-corrected chi connectivity index (χ3v) is 3.19.